The zero-order chi connectivity index (χ0) is 21.4. The van der Waals surface area contributed by atoms with E-state index < -0.39 is 0 Å². The number of rotatable bonds is 0. The van der Waals surface area contributed by atoms with Crippen LogP contribution in [0.5, 0.6) is 0 Å². The molecule has 0 aliphatic heterocycles. The third-order valence-corrected chi connectivity index (χ3v) is 7.26. The van der Waals surface area contributed by atoms with Crippen molar-refractivity contribution in [3.8, 4) is 0 Å². The highest BCUT2D eigenvalue weighted by Crippen LogP contribution is 2.26. The smallest absolute Gasteiger partial charge is 0.0233 e. The maximum atomic E-state index is 2.44. The fraction of sp³-hybridized carbons (Fsp3) is 0.400. The van der Waals surface area contributed by atoms with Crippen molar-refractivity contribution in [1.82, 2.24) is 0 Å². The van der Waals surface area contributed by atoms with Crippen LogP contribution >= 0.6 is 0 Å². The van der Waals surface area contributed by atoms with Gasteiger partial charge >= 0.3 is 0 Å². The van der Waals surface area contributed by atoms with Gasteiger partial charge in [0.25, 0.3) is 0 Å². The van der Waals surface area contributed by atoms with Crippen molar-refractivity contribution in [2.75, 3.05) is 0 Å². The van der Waals surface area contributed by atoms with Gasteiger partial charge in [0.1, 0.15) is 0 Å². The highest BCUT2D eigenvalue weighted by molar-refractivity contribution is 5.44. The molecule has 6 aliphatic rings. The topological polar surface area (TPSA) is 0 Å². The number of hydrogen-bond acceptors (Lipinski definition) is 0. The molecule has 0 atom stereocenters. The van der Waals surface area contributed by atoms with Crippen molar-refractivity contribution in [1.29, 1.82) is 0 Å². The van der Waals surface area contributed by atoms with Gasteiger partial charge in [-0.3, -0.25) is 0 Å². The molecule has 0 heteroatoms. The highest BCUT2D eigenvalue weighted by Gasteiger charge is 2.12. The Hall–Kier alpha value is -2.34. The van der Waals surface area contributed by atoms with Crippen LogP contribution in [0, 0.1) is 41.5 Å². The van der Waals surface area contributed by atoms with E-state index >= 15 is 0 Å². The summed E-state index contributed by atoms with van der Waals surface area (Å²) in [4.78, 5) is 0. The van der Waals surface area contributed by atoms with Crippen LogP contribution in [0.3, 0.4) is 0 Å². The Morgan fingerprint density at radius 1 is 0.333 bits per heavy atom. The third-order valence-electron chi connectivity index (χ3n) is 7.26. The van der Waals surface area contributed by atoms with Crippen molar-refractivity contribution in [2.24, 2.45) is 0 Å². The average Bonchev–Trinajstić information content (AvgIpc) is 2.66. The Morgan fingerprint density at radius 2 is 0.533 bits per heavy atom. The summed E-state index contributed by atoms with van der Waals surface area (Å²) in [7, 11) is 0. The molecule has 9 rings (SSSR count). The molecule has 3 aromatic carbocycles. The van der Waals surface area contributed by atoms with Gasteiger partial charge in [-0.2, -0.15) is 0 Å². The number of aryl methyl sites for hydroxylation is 9. The Bertz CT molecular complexity index is 1030. The van der Waals surface area contributed by atoms with Crippen LogP contribution < -0.4 is 0 Å². The van der Waals surface area contributed by atoms with Crippen molar-refractivity contribution in [3.63, 3.8) is 0 Å². The van der Waals surface area contributed by atoms with E-state index in [4.69, 9.17) is 0 Å². The Kier molecular flexibility index (Phi) is 5.87. The molecule has 3 aromatic rings. The van der Waals surface area contributed by atoms with E-state index in [0.29, 0.717) is 0 Å². The van der Waals surface area contributed by atoms with Crippen LogP contribution in [0.2, 0.25) is 0 Å². The Balaban J connectivity index is 1.81. The molecule has 0 fully saturated rings. The minimum atomic E-state index is 1.12. The van der Waals surface area contributed by atoms with Crippen LogP contribution in [-0.2, 0) is 38.5 Å². The molecule has 0 nitrogen and oxygen atoms in total. The van der Waals surface area contributed by atoms with Gasteiger partial charge in [-0.1, -0.05) is 36.4 Å². The summed E-state index contributed by atoms with van der Waals surface area (Å²) in [6.07, 6.45) is 6.78. The summed E-state index contributed by atoms with van der Waals surface area (Å²) in [6.45, 7) is 13.8. The van der Waals surface area contributed by atoms with Crippen molar-refractivity contribution in [3.05, 3.63) is 103 Å². The van der Waals surface area contributed by atoms with E-state index in [1.165, 1.54) is 55.6 Å². The van der Waals surface area contributed by atoms with Gasteiger partial charge in [-0.25, -0.2) is 0 Å². The second kappa shape index (κ2) is 8.42. The molecular weight excluding hydrogens is 360 g/mol. The maximum absolute atomic E-state index is 2.44. The first-order valence-electron chi connectivity index (χ1n) is 11.6. The van der Waals surface area contributed by atoms with Gasteiger partial charge in [0.2, 0.25) is 0 Å². The van der Waals surface area contributed by atoms with Crippen molar-refractivity contribution in [2.45, 2.75) is 80.1 Å². The van der Waals surface area contributed by atoms with E-state index in [-0.39, 0.29) is 0 Å². The lowest BCUT2D eigenvalue weighted by Gasteiger charge is -2.18. The second-order valence-electron chi connectivity index (χ2n) is 9.62. The number of benzene rings is 3. The van der Waals surface area contributed by atoms with E-state index in [9.17, 15) is 0 Å². The molecule has 0 saturated heterocycles. The molecule has 0 saturated carbocycles. The van der Waals surface area contributed by atoms with Gasteiger partial charge in [-0.05, 0) is 147 Å². The molecule has 156 valence electrons. The maximum Gasteiger partial charge on any atom is -0.0233 e. The van der Waals surface area contributed by atoms with Crippen LogP contribution in [0.25, 0.3) is 0 Å². The van der Waals surface area contributed by atoms with E-state index in [1.54, 1.807) is 11.1 Å². The molecule has 0 amide bonds. The fourth-order valence-corrected chi connectivity index (χ4v) is 5.67. The standard InChI is InChI=1S/C30H36/c1-19-13-25-7-8-26-15-21(3)29(22(4)16-26)11-12-30-23(5)17-27(18-24(30)6)9-10-28(19)20(2)14-25/h13-18H,7-12H2,1-6H3. The number of hydrogen-bond donors (Lipinski definition) is 0. The highest BCUT2D eigenvalue weighted by atomic mass is 14.2. The first kappa shape index (κ1) is 20.9. The van der Waals surface area contributed by atoms with Gasteiger partial charge in [-0.15, -0.1) is 0 Å². The molecular formula is C30H36. The molecule has 0 heterocycles. The monoisotopic (exact) mass is 396 g/mol. The summed E-state index contributed by atoms with van der Waals surface area (Å²) in [5.74, 6) is 0. The Labute approximate surface area is 183 Å². The first-order valence-corrected chi connectivity index (χ1v) is 11.6. The summed E-state index contributed by atoms with van der Waals surface area (Å²) in [5.41, 5.74) is 17.8. The summed E-state index contributed by atoms with van der Waals surface area (Å²) in [6, 6.07) is 14.6. The second-order valence-corrected chi connectivity index (χ2v) is 9.62. The predicted octanol–water partition coefficient (Wildman–Crippen LogP) is 7.21. The predicted molar refractivity (Wildman–Crippen MR) is 130 cm³/mol. The SMILES string of the molecule is Cc1cc2cc(C)c1CCc1cc(C)c(c(C)c1)CCc1c(C)cc(cc1C)CC2. The van der Waals surface area contributed by atoms with Crippen molar-refractivity contribution >= 4 is 0 Å². The molecule has 30 heavy (non-hydrogen) atoms. The molecule has 0 radical (unpaired) electrons. The normalized spacial score (nSPS) is 14.2. The van der Waals surface area contributed by atoms with Gasteiger partial charge < -0.3 is 0 Å². The van der Waals surface area contributed by atoms with Crippen LogP contribution in [0.15, 0.2) is 36.4 Å². The molecule has 0 unspecified atom stereocenters. The lowest BCUT2D eigenvalue weighted by molar-refractivity contribution is 0.886. The summed E-state index contributed by atoms with van der Waals surface area (Å²) in [5, 5.41) is 0. The average molecular weight is 397 g/mol. The van der Waals surface area contributed by atoms with Gasteiger partial charge in [0.15, 0.2) is 0 Å². The van der Waals surface area contributed by atoms with Gasteiger partial charge in [0.05, 0.1) is 0 Å². The van der Waals surface area contributed by atoms with E-state index in [0.717, 1.165) is 38.5 Å². The first-order chi connectivity index (χ1) is 14.3. The van der Waals surface area contributed by atoms with Crippen molar-refractivity contribution < 1.29 is 0 Å². The zero-order valence-electron chi connectivity index (χ0n) is 19.7. The quantitative estimate of drug-likeness (QED) is 0.377. The van der Waals surface area contributed by atoms with E-state index in [1.807, 2.05) is 0 Å². The minimum Gasteiger partial charge on any atom is -0.0558 e. The lowest BCUT2D eigenvalue weighted by atomic mass is 9.87. The minimum absolute atomic E-state index is 1.12. The zero-order valence-corrected chi connectivity index (χ0v) is 19.7. The third kappa shape index (κ3) is 4.24. The molecule has 6 bridgehead atoms. The van der Waals surface area contributed by atoms with Crippen LogP contribution in [0.4, 0.5) is 0 Å². The molecule has 6 aliphatic carbocycles. The molecule has 0 spiro atoms. The lowest BCUT2D eigenvalue weighted by Crippen LogP contribution is -2.05. The molecule has 0 aromatic heterocycles. The van der Waals surface area contributed by atoms with Gasteiger partial charge in [0, 0.05) is 0 Å². The van der Waals surface area contributed by atoms with Crippen LogP contribution in [0.1, 0.15) is 66.8 Å². The van der Waals surface area contributed by atoms with E-state index in [2.05, 4.69) is 77.9 Å². The summed E-state index contributed by atoms with van der Waals surface area (Å²) < 4.78 is 0. The largest absolute Gasteiger partial charge is 0.0558 e. The molecule has 0 N–H and O–H groups in total. The Morgan fingerprint density at radius 3 is 0.800 bits per heavy atom. The summed E-state index contributed by atoms with van der Waals surface area (Å²) >= 11 is 0. The van der Waals surface area contributed by atoms with Crippen LogP contribution in [-0.4, -0.2) is 0 Å². The fourth-order valence-electron chi connectivity index (χ4n) is 5.67.